The summed E-state index contributed by atoms with van der Waals surface area (Å²) in [5.74, 6) is 0. The van der Waals surface area contributed by atoms with E-state index in [1.54, 1.807) is 0 Å². The summed E-state index contributed by atoms with van der Waals surface area (Å²) >= 11 is 0. The maximum Gasteiger partial charge on any atom is 0.421 e. The summed E-state index contributed by atoms with van der Waals surface area (Å²) in [5, 5.41) is 1.51. The molecule has 0 saturated heterocycles. The minimum absolute atomic E-state index is 1.40. The Balaban J connectivity index is 5.33. The molecule has 0 radical (unpaired) electrons. The van der Waals surface area contributed by atoms with E-state index in [9.17, 15) is 26.3 Å². The molecule has 4 nitrogen and oxygen atoms in total. The molecular formula is C3H2F6N4. The zero-order valence-electron chi connectivity index (χ0n) is 5.69. The van der Waals surface area contributed by atoms with Gasteiger partial charge < -0.3 is 5.73 Å². The number of nitrogens with two attached hydrogens (primary N) is 1. The number of azide groups is 1. The van der Waals surface area contributed by atoms with Crippen LogP contribution in [0.15, 0.2) is 5.11 Å². The molecule has 0 aromatic carbocycles. The Morgan fingerprint density at radius 3 is 1.38 bits per heavy atom. The molecule has 0 aliphatic carbocycles. The average Bonchev–Trinajstić information content (AvgIpc) is 1.82. The van der Waals surface area contributed by atoms with Crippen LogP contribution in [0.4, 0.5) is 26.3 Å². The van der Waals surface area contributed by atoms with Gasteiger partial charge in [0.1, 0.15) is 0 Å². The summed E-state index contributed by atoms with van der Waals surface area (Å²) < 4.78 is 70.1. The van der Waals surface area contributed by atoms with Gasteiger partial charge in [0.15, 0.2) is 0 Å². The van der Waals surface area contributed by atoms with Crippen LogP contribution in [-0.4, -0.2) is 18.0 Å². The van der Waals surface area contributed by atoms with E-state index in [4.69, 9.17) is 5.53 Å². The lowest BCUT2D eigenvalue weighted by molar-refractivity contribution is -0.293. The number of hydrogen-bond donors (Lipinski definition) is 1. The highest BCUT2D eigenvalue weighted by molar-refractivity contribution is 4.96. The first-order valence-corrected chi connectivity index (χ1v) is 2.55. The van der Waals surface area contributed by atoms with E-state index >= 15 is 0 Å². The first kappa shape index (κ1) is 11.8. The fourth-order valence-electron chi connectivity index (χ4n) is 0.345. The van der Waals surface area contributed by atoms with Gasteiger partial charge in [-0.1, -0.05) is 5.11 Å². The molecule has 0 aromatic heterocycles. The van der Waals surface area contributed by atoms with Crippen molar-refractivity contribution < 1.29 is 26.3 Å². The van der Waals surface area contributed by atoms with Crippen LogP contribution in [0, 0.1) is 0 Å². The molecule has 0 atom stereocenters. The van der Waals surface area contributed by atoms with Crippen LogP contribution >= 0.6 is 0 Å². The van der Waals surface area contributed by atoms with Gasteiger partial charge in [0.05, 0.1) is 0 Å². The largest absolute Gasteiger partial charge is 0.421 e. The maximum absolute atomic E-state index is 11.7. The Kier molecular flexibility index (Phi) is 2.70. The predicted molar refractivity (Wildman–Crippen MR) is 28.2 cm³/mol. The van der Waals surface area contributed by atoms with Gasteiger partial charge in [0, 0.05) is 4.91 Å². The number of alkyl halides is 6. The van der Waals surface area contributed by atoms with Gasteiger partial charge in [-0.05, 0) is 5.53 Å². The highest BCUT2D eigenvalue weighted by atomic mass is 19.4. The first-order chi connectivity index (χ1) is 5.56. The summed E-state index contributed by atoms with van der Waals surface area (Å²) in [6.07, 6.45) is -11.8. The number of rotatable bonds is 1. The summed E-state index contributed by atoms with van der Waals surface area (Å²) in [6, 6.07) is 0. The van der Waals surface area contributed by atoms with Crippen molar-refractivity contribution in [2.24, 2.45) is 10.8 Å². The van der Waals surface area contributed by atoms with Gasteiger partial charge in [-0.15, -0.1) is 0 Å². The van der Waals surface area contributed by atoms with Gasteiger partial charge in [-0.2, -0.15) is 26.3 Å². The molecular weight excluding hydrogens is 206 g/mol. The van der Waals surface area contributed by atoms with Gasteiger partial charge >= 0.3 is 12.4 Å². The third-order valence-corrected chi connectivity index (χ3v) is 1.07. The second kappa shape index (κ2) is 2.96. The minimum Gasteiger partial charge on any atom is -0.305 e. The highest BCUT2D eigenvalue weighted by Gasteiger charge is 2.68. The van der Waals surface area contributed by atoms with Crippen molar-refractivity contribution in [2.45, 2.75) is 18.0 Å². The standard InChI is InChI=1S/C3H2F6N4/c4-2(5,6)1(10,12-13-11)3(7,8)9/h10H2. The van der Waals surface area contributed by atoms with Crippen LogP contribution in [0.5, 0.6) is 0 Å². The Hall–Kier alpha value is -1.15. The van der Waals surface area contributed by atoms with Crippen molar-refractivity contribution >= 4 is 0 Å². The van der Waals surface area contributed by atoms with Crippen LogP contribution in [0.2, 0.25) is 0 Å². The van der Waals surface area contributed by atoms with Crippen LogP contribution in [-0.2, 0) is 0 Å². The van der Waals surface area contributed by atoms with Gasteiger partial charge in [0.2, 0.25) is 0 Å². The molecule has 0 unspecified atom stereocenters. The lowest BCUT2D eigenvalue weighted by atomic mass is 10.2. The predicted octanol–water partition coefficient (Wildman–Crippen LogP) is 2.08. The molecule has 0 amide bonds. The van der Waals surface area contributed by atoms with Crippen molar-refractivity contribution in [3.63, 3.8) is 0 Å². The summed E-state index contributed by atoms with van der Waals surface area (Å²) in [4.78, 5) is 1.40. The van der Waals surface area contributed by atoms with Gasteiger partial charge in [-0.3, -0.25) is 0 Å². The fraction of sp³-hybridized carbons (Fsp3) is 1.00. The molecule has 0 rings (SSSR count). The SMILES string of the molecule is [N-]=[N+]=NC(N)(C(F)(F)F)C(F)(F)F. The molecule has 2 N–H and O–H groups in total. The maximum atomic E-state index is 11.7. The van der Waals surface area contributed by atoms with Crippen molar-refractivity contribution in [1.82, 2.24) is 0 Å². The Bertz CT molecular complexity index is 219. The van der Waals surface area contributed by atoms with E-state index in [1.165, 1.54) is 10.0 Å². The summed E-state index contributed by atoms with van der Waals surface area (Å²) in [7, 11) is 0. The van der Waals surface area contributed by atoms with Gasteiger partial charge in [-0.25, -0.2) is 0 Å². The molecule has 76 valence electrons. The molecule has 0 bridgehead atoms. The third-order valence-electron chi connectivity index (χ3n) is 1.07. The summed E-state index contributed by atoms with van der Waals surface area (Å²) in [6.45, 7) is 0. The smallest absolute Gasteiger partial charge is 0.305 e. The zero-order chi connectivity index (χ0) is 10.9. The van der Waals surface area contributed by atoms with E-state index in [2.05, 4.69) is 5.73 Å². The van der Waals surface area contributed by atoms with E-state index in [0.29, 0.717) is 0 Å². The molecule has 0 aromatic rings. The van der Waals surface area contributed by atoms with Crippen molar-refractivity contribution in [3.8, 4) is 0 Å². The Labute approximate surface area is 66.9 Å². The number of halogens is 6. The molecule has 0 saturated carbocycles. The highest BCUT2D eigenvalue weighted by Crippen LogP contribution is 2.42. The summed E-state index contributed by atoms with van der Waals surface area (Å²) in [5.41, 5.74) is 6.53. The molecule has 0 fully saturated rings. The first-order valence-electron chi connectivity index (χ1n) is 2.55. The Morgan fingerprint density at radius 1 is 1.00 bits per heavy atom. The minimum atomic E-state index is -5.88. The van der Waals surface area contributed by atoms with Crippen molar-refractivity contribution in [2.75, 3.05) is 0 Å². The van der Waals surface area contributed by atoms with E-state index < -0.39 is 18.0 Å². The third kappa shape index (κ3) is 1.95. The fourth-order valence-corrected chi connectivity index (χ4v) is 0.345. The van der Waals surface area contributed by atoms with Crippen LogP contribution in [0.25, 0.3) is 10.4 Å². The topological polar surface area (TPSA) is 74.8 Å². The van der Waals surface area contributed by atoms with Crippen molar-refractivity contribution in [3.05, 3.63) is 10.4 Å². The molecule has 0 aliphatic heterocycles. The lowest BCUT2D eigenvalue weighted by Crippen LogP contribution is -2.62. The zero-order valence-corrected chi connectivity index (χ0v) is 5.69. The van der Waals surface area contributed by atoms with E-state index in [0.717, 1.165) is 0 Å². The van der Waals surface area contributed by atoms with Crippen LogP contribution in [0.1, 0.15) is 0 Å². The number of hydrogen-bond acceptors (Lipinski definition) is 2. The van der Waals surface area contributed by atoms with Crippen molar-refractivity contribution in [1.29, 1.82) is 0 Å². The second-order valence-electron chi connectivity index (χ2n) is 1.95. The van der Waals surface area contributed by atoms with E-state index in [1.807, 2.05) is 0 Å². The number of nitrogens with zero attached hydrogens (tertiary/aromatic N) is 3. The molecule has 0 spiro atoms. The van der Waals surface area contributed by atoms with E-state index in [-0.39, 0.29) is 0 Å². The molecule has 10 heteroatoms. The van der Waals surface area contributed by atoms with Crippen LogP contribution < -0.4 is 5.73 Å². The lowest BCUT2D eigenvalue weighted by Gasteiger charge is -2.28. The van der Waals surface area contributed by atoms with Crippen LogP contribution in [0.3, 0.4) is 0 Å². The monoisotopic (exact) mass is 208 g/mol. The average molecular weight is 208 g/mol. The second-order valence-corrected chi connectivity index (χ2v) is 1.95. The molecule has 0 heterocycles. The quantitative estimate of drug-likeness (QED) is 0.304. The molecule has 13 heavy (non-hydrogen) atoms. The van der Waals surface area contributed by atoms with Gasteiger partial charge in [0.25, 0.3) is 5.66 Å². The Morgan fingerprint density at radius 2 is 1.31 bits per heavy atom. The normalized spacial score (nSPS) is 13.8. The molecule has 0 aliphatic rings.